The molecule has 9 heteroatoms. The first-order chi connectivity index (χ1) is 10.7. The molecule has 0 bridgehead atoms. The third-order valence-electron chi connectivity index (χ3n) is 3.09. The molecule has 0 saturated heterocycles. The number of benzene rings is 1. The van der Waals surface area contributed by atoms with Gasteiger partial charge in [-0.2, -0.15) is 13.2 Å². The van der Waals surface area contributed by atoms with E-state index in [0.29, 0.717) is 0 Å². The largest absolute Gasteiger partial charge is 0.417 e. The molecule has 1 aromatic heterocycles. The molecule has 1 aromatic carbocycles. The highest BCUT2D eigenvalue weighted by Crippen LogP contribution is 2.36. The molecule has 0 aliphatic heterocycles. The van der Waals surface area contributed by atoms with Crippen LogP contribution in [0.1, 0.15) is 17.7 Å². The molecule has 0 unspecified atom stereocenters. The molecule has 0 spiro atoms. The molecule has 4 nitrogen and oxygen atoms in total. The van der Waals surface area contributed by atoms with Crippen molar-refractivity contribution in [3.63, 3.8) is 0 Å². The van der Waals surface area contributed by atoms with Crippen molar-refractivity contribution >= 4 is 34.5 Å². The van der Waals surface area contributed by atoms with E-state index in [1.54, 1.807) is 12.3 Å². The van der Waals surface area contributed by atoms with Gasteiger partial charge in [0.15, 0.2) is 0 Å². The van der Waals surface area contributed by atoms with Crippen LogP contribution in [0.5, 0.6) is 0 Å². The number of alkyl halides is 3. The number of halogens is 4. The number of hydrogen-bond donors (Lipinski definition) is 1. The van der Waals surface area contributed by atoms with E-state index in [4.69, 9.17) is 11.6 Å². The Kier molecular flexibility index (Phi) is 5.16. The van der Waals surface area contributed by atoms with E-state index in [1.807, 2.05) is 0 Å². The van der Waals surface area contributed by atoms with E-state index in [-0.39, 0.29) is 23.5 Å². The molecule has 2 aromatic rings. The third kappa shape index (κ3) is 4.35. The highest BCUT2D eigenvalue weighted by molar-refractivity contribution is 7.07. The van der Waals surface area contributed by atoms with Crippen LogP contribution in [0.15, 0.2) is 28.4 Å². The van der Waals surface area contributed by atoms with Crippen LogP contribution in [0.3, 0.4) is 0 Å². The summed E-state index contributed by atoms with van der Waals surface area (Å²) >= 11 is 6.54. The Hall–Kier alpha value is -1.80. The molecule has 0 fully saturated rings. The third-order valence-corrected chi connectivity index (χ3v) is 4.31. The Balaban J connectivity index is 2.05. The first-order valence-electron chi connectivity index (χ1n) is 6.50. The van der Waals surface area contributed by atoms with Crippen LogP contribution in [0, 0.1) is 6.92 Å². The van der Waals surface area contributed by atoms with E-state index in [9.17, 15) is 22.8 Å². The van der Waals surface area contributed by atoms with Crippen LogP contribution in [0.4, 0.5) is 18.9 Å². The van der Waals surface area contributed by atoms with Gasteiger partial charge >= 0.3 is 11.0 Å². The summed E-state index contributed by atoms with van der Waals surface area (Å²) < 4.78 is 39.7. The maximum Gasteiger partial charge on any atom is 0.417 e. The van der Waals surface area contributed by atoms with Gasteiger partial charge in [-0.15, -0.1) is 0 Å². The molecule has 0 saturated carbocycles. The van der Waals surface area contributed by atoms with Crippen LogP contribution >= 0.6 is 22.9 Å². The number of aromatic nitrogens is 1. The number of amides is 1. The standard InChI is InChI=1S/C14H12ClF3N2O2S/c1-8-7-23-13(22)20(8)5-4-12(21)19-9-2-3-11(15)10(6-9)14(16,17)18/h2-3,6-7H,4-5H2,1H3,(H,19,21). The van der Waals surface area contributed by atoms with Crippen LogP contribution in [-0.2, 0) is 17.5 Å². The molecule has 0 atom stereocenters. The van der Waals surface area contributed by atoms with Gasteiger partial charge in [0.05, 0.1) is 10.6 Å². The van der Waals surface area contributed by atoms with Crippen molar-refractivity contribution in [3.8, 4) is 0 Å². The summed E-state index contributed by atoms with van der Waals surface area (Å²) in [5, 5.41) is 3.61. The molecule has 23 heavy (non-hydrogen) atoms. The maximum atomic E-state index is 12.8. The van der Waals surface area contributed by atoms with Crippen molar-refractivity contribution in [2.24, 2.45) is 0 Å². The van der Waals surface area contributed by atoms with Crippen molar-refractivity contribution in [2.45, 2.75) is 26.1 Å². The SMILES string of the molecule is Cc1csc(=O)n1CCC(=O)Nc1ccc(Cl)c(C(F)(F)F)c1. The fraction of sp³-hybridized carbons (Fsp3) is 0.286. The number of hydrogen-bond acceptors (Lipinski definition) is 3. The number of aryl methyl sites for hydroxylation is 1. The highest BCUT2D eigenvalue weighted by Gasteiger charge is 2.33. The molecule has 0 radical (unpaired) electrons. The molecule has 124 valence electrons. The molecule has 1 amide bonds. The van der Waals surface area contributed by atoms with Crippen molar-refractivity contribution < 1.29 is 18.0 Å². The van der Waals surface area contributed by atoms with Gasteiger partial charge in [0.25, 0.3) is 0 Å². The van der Waals surface area contributed by atoms with E-state index < -0.39 is 22.7 Å². The number of nitrogens with zero attached hydrogens (tertiary/aromatic N) is 1. The molecular weight excluding hydrogens is 353 g/mol. The van der Waals surface area contributed by atoms with Crippen LogP contribution in [0.25, 0.3) is 0 Å². The molecule has 1 N–H and O–H groups in total. The number of carbonyl (C=O) groups is 1. The molecule has 0 aliphatic carbocycles. The summed E-state index contributed by atoms with van der Waals surface area (Å²) in [6.07, 6.45) is -4.62. The summed E-state index contributed by atoms with van der Waals surface area (Å²) in [6, 6.07) is 3.15. The zero-order chi connectivity index (χ0) is 17.2. The Labute approximate surface area is 138 Å². The second-order valence-electron chi connectivity index (χ2n) is 4.79. The monoisotopic (exact) mass is 364 g/mol. The maximum absolute atomic E-state index is 12.8. The fourth-order valence-corrected chi connectivity index (χ4v) is 2.92. The van der Waals surface area contributed by atoms with Crippen LogP contribution in [-0.4, -0.2) is 10.5 Å². The minimum Gasteiger partial charge on any atom is -0.326 e. The fourth-order valence-electron chi connectivity index (χ4n) is 1.93. The van der Waals surface area contributed by atoms with Gasteiger partial charge in [0, 0.05) is 29.7 Å². The van der Waals surface area contributed by atoms with E-state index in [2.05, 4.69) is 5.32 Å². The lowest BCUT2D eigenvalue weighted by atomic mass is 10.2. The first kappa shape index (κ1) is 17.6. The van der Waals surface area contributed by atoms with Crippen molar-refractivity contribution in [3.05, 3.63) is 49.5 Å². The van der Waals surface area contributed by atoms with E-state index in [1.165, 1.54) is 10.6 Å². The Bertz CT molecular complexity index is 783. The summed E-state index contributed by atoms with van der Waals surface area (Å²) in [6.45, 7) is 1.91. The summed E-state index contributed by atoms with van der Waals surface area (Å²) in [7, 11) is 0. The average molecular weight is 365 g/mol. The van der Waals surface area contributed by atoms with Gasteiger partial charge in [-0.1, -0.05) is 22.9 Å². The molecule has 1 heterocycles. The van der Waals surface area contributed by atoms with Gasteiger partial charge < -0.3 is 9.88 Å². The minimum absolute atomic E-state index is 0.00103. The van der Waals surface area contributed by atoms with Gasteiger partial charge in [-0.25, -0.2) is 0 Å². The molecule has 0 aliphatic rings. The van der Waals surface area contributed by atoms with E-state index in [0.717, 1.165) is 29.2 Å². The number of nitrogens with one attached hydrogen (secondary N) is 1. The topological polar surface area (TPSA) is 51.1 Å². The Morgan fingerprint density at radius 3 is 2.65 bits per heavy atom. The molecular formula is C14H12ClF3N2O2S. The van der Waals surface area contributed by atoms with Gasteiger partial charge in [-0.05, 0) is 25.1 Å². The lowest BCUT2D eigenvalue weighted by molar-refractivity contribution is -0.137. The van der Waals surface area contributed by atoms with Crippen molar-refractivity contribution in [1.82, 2.24) is 4.57 Å². The number of anilines is 1. The summed E-state index contributed by atoms with van der Waals surface area (Å²) in [4.78, 5) is 23.2. The van der Waals surface area contributed by atoms with E-state index >= 15 is 0 Å². The second-order valence-corrected chi connectivity index (χ2v) is 6.01. The van der Waals surface area contributed by atoms with Crippen LogP contribution in [0.2, 0.25) is 5.02 Å². The normalized spacial score (nSPS) is 11.5. The first-order valence-corrected chi connectivity index (χ1v) is 7.76. The number of carbonyl (C=O) groups excluding carboxylic acids is 1. The predicted molar refractivity (Wildman–Crippen MR) is 83.0 cm³/mol. The smallest absolute Gasteiger partial charge is 0.326 e. The van der Waals surface area contributed by atoms with Crippen molar-refractivity contribution in [1.29, 1.82) is 0 Å². The second kappa shape index (κ2) is 6.76. The van der Waals surface area contributed by atoms with Crippen LogP contribution < -0.4 is 10.2 Å². The zero-order valence-electron chi connectivity index (χ0n) is 11.9. The van der Waals surface area contributed by atoms with Crippen molar-refractivity contribution in [2.75, 3.05) is 5.32 Å². The number of thiazole rings is 1. The minimum atomic E-state index is -4.60. The van der Waals surface area contributed by atoms with Gasteiger partial charge in [-0.3, -0.25) is 9.59 Å². The summed E-state index contributed by atoms with van der Waals surface area (Å²) in [5.41, 5.74) is -0.276. The zero-order valence-corrected chi connectivity index (χ0v) is 13.5. The average Bonchev–Trinajstić information content (AvgIpc) is 2.77. The lowest BCUT2D eigenvalue weighted by Gasteiger charge is -2.12. The quantitative estimate of drug-likeness (QED) is 0.894. The predicted octanol–water partition coefficient (Wildman–Crippen LogP) is 3.92. The molecule has 2 rings (SSSR count). The number of rotatable bonds is 4. The lowest BCUT2D eigenvalue weighted by Crippen LogP contribution is -2.20. The highest BCUT2D eigenvalue weighted by atomic mass is 35.5. The van der Waals surface area contributed by atoms with Gasteiger partial charge in [0.2, 0.25) is 5.91 Å². The summed E-state index contributed by atoms with van der Waals surface area (Å²) in [5.74, 6) is -0.488. The Morgan fingerprint density at radius 1 is 1.39 bits per heavy atom. The Morgan fingerprint density at radius 2 is 2.09 bits per heavy atom. The van der Waals surface area contributed by atoms with Gasteiger partial charge in [0.1, 0.15) is 0 Å².